The molecule has 0 aliphatic carbocycles. The molecule has 0 fully saturated rings. The molecule has 5 heteroatoms. The van der Waals surface area contributed by atoms with E-state index < -0.39 is 0 Å². The van der Waals surface area contributed by atoms with Gasteiger partial charge in [0.05, 0.1) is 0 Å². The van der Waals surface area contributed by atoms with Crippen molar-refractivity contribution in [2.75, 3.05) is 19.6 Å². The summed E-state index contributed by atoms with van der Waals surface area (Å²) in [6.07, 6.45) is 2.72. The molecule has 0 N–H and O–H groups in total. The first-order valence-electron chi connectivity index (χ1n) is 8.93. The molecule has 0 bridgehead atoms. The van der Waals surface area contributed by atoms with Crippen molar-refractivity contribution in [3.63, 3.8) is 0 Å². The molecule has 25 heavy (non-hydrogen) atoms. The molecule has 0 unspecified atom stereocenters. The van der Waals surface area contributed by atoms with Crippen molar-refractivity contribution in [1.29, 1.82) is 0 Å². The first-order chi connectivity index (χ1) is 12.1. The smallest absolute Gasteiger partial charge is 0.224 e. The molecule has 0 saturated heterocycles. The lowest BCUT2D eigenvalue weighted by Gasteiger charge is -2.31. The van der Waals surface area contributed by atoms with Crippen LogP contribution >= 0.6 is 27.3 Å². The quantitative estimate of drug-likeness (QED) is 0.746. The van der Waals surface area contributed by atoms with E-state index in [1.54, 1.807) is 0 Å². The summed E-state index contributed by atoms with van der Waals surface area (Å²) < 4.78 is 1.17. The second-order valence-electron chi connectivity index (χ2n) is 7.07. The van der Waals surface area contributed by atoms with Crippen LogP contribution in [0, 0.1) is 6.92 Å². The maximum Gasteiger partial charge on any atom is 0.224 e. The van der Waals surface area contributed by atoms with Crippen molar-refractivity contribution in [1.82, 2.24) is 9.80 Å². The number of carbonyl (C=O) groups is 1. The fourth-order valence-corrected chi connectivity index (χ4v) is 5.45. The molecule has 3 nitrogen and oxygen atoms in total. The molecule has 0 radical (unpaired) electrons. The molecule has 2 aromatic rings. The minimum Gasteiger partial charge on any atom is -0.338 e. The highest BCUT2D eigenvalue weighted by Crippen LogP contribution is 2.27. The molecular formula is C20H23BrN2OS. The Morgan fingerprint density at radius 3 is 2.96 bits per heavy atom. The number of carbonyl (C=O) groups excluding carboxylic acids is 1. The fraction of sp³-hybridized carbons (Fsp3) is 0.450. The van der Waals surface area contributed by atoms with Crippen molar-refractivity contribution < 1.29 is 4.79 Å². The Hall–Kier alpha value is -1.17. The summed E-state index contributed by atoms with van der Waals surface area (Å²) in [5, 5.41) is 2.14. The predicted octanol–water partition coefficient (Wildman–Crippen LogP) is 4.15. The molecule has 0 atom stereocenters. The highest BCUT2D eigenvalue weighted by atomic mass is 79.9. The topological polar surface area (TPSA) is 23.6 Å². The van der Waals surface area contributed by atoms with E-state index in [4.69, 9.17) is 0 Å². The lowest BCUT2D eigenvalue weighted by atomic mass is 9.95. The van der Waals surface area contributed by atoms with Gasteiger partial charge < -0.3 is 4.90 Å². The Balaban J connectivity index is 1.34. The van der Waals surface area contributed by atoms with E-state index in [9.17, 15) is 4.79 Å². The standard InChI is InChI=1S/C20H23BrN2OS/c1-14-10-17(21)11-15-2-6-22(13-18(14)15)7-4-20(24)23-8-3-19-16(12-23)5-9-25-19/h5,9-11H,2-4,6-8,12-13H2,1H3. The lowest BCUT2D eigenvalue weighted by molar-refractivity contribution is -0.132. The molecule has 4 rings (SSSR count). The zero-order valence-electron chi connectivity index (χ0n) is 14.6. The second-order valence-corrected chi connectivity index (χ2v) is 8.99. The molecule has 0 saturated carbocycles. The maximum atomic E-state index is 12.6. The predicted molar refractivity (Wildman–Crippen MR) is 106 cm³/mol. The molecule has 1 amide bonds. The van der Waals surface area contributed by atoms with Gasteiger partial charge in [-0.2, -0.15) is 0 Å². The number of hydrogen-bond donors (Lipinski definition) is 0. The van der Waals surface area contributed by atoms with Crippen LogP contribution in [-0.2, 0) is 30.7 Å². The van der Waals surface area contributed by atoms with Gasteiger partial charge in [0, 0.05) is 48.5 Å². The minimum atomic E-state index is 0.301. The van der Waals surface area contributed by atoms with Crippen LogP contribution in [0.1, 0.15) is 33.6 Å². The average molecular weight is 419 g/mol. The normalized spacial score (nSPS) is 17.3. The summed E-state index contributed by atoms with van der Waals surface area (Å²) in [5.74, 6) is 0.301. The molecule has 1 aromatic carbocycles. The van der Waals surface area contributed by atoms with Crippen LogP contribution in [0.15, 0.2) is 28.1 Å². The second kappa shape index (κ2) is 7.22. The molecule has 132 valence electrons. The monoisotopic (exact) mass is 418 g/mol. The van der Waals surface area contributed by atoms with E-state index in [1.165, 1.54) is 31.6 Å². The van der Waals surface area contributed by atoms with Gasteiger partial charge in [-0.1, -0.05) is 15.9 Å². The molecular weight excluding hydrogens is 396 g/mol. The van der Waals surface area contributed by atoms with Crippen LogP contribution in [0.2, 0.25) is 0 Å². The third-order valence-electron chi connectivity index (χ3n) is 5.41. The van der Waals surface area contributed by atoms with E-state index in [-0.39, 0.29) is 0 Å². The number of amides is 1. The van der Waals surface area contributed by atoms with Gasteiger partial charge in [0.15, 0.2) is 0 Å². The summed E-state index contributed by atoms with van der Waals surface area (Å²) >= 11 is 5.42. The van der Waals surface area contributed by atoms with E-state index in [1.807, 2.05) is 16.2 Å². The van der Waals surface area contributed by atoms with E-state index in [0.29, 0.717) is 12.3 Å². The van der Waals surface area contributed by atoms with Gasteiger partial charge in [0.2, 0.25) is 5.91 Å². The van der Waals surface area contributed by atoms with E-state index >= 15 is 0 Å². The van der Waals surface area contributed by atoms with Gasteiger partial charge in [-0.05, 0) is 65.6 Å². The highest BCUT2D eigenvalue weighted by molar-refractivity contribution is 9.10. The Morgan fingerprint density at radius 2 is 2.08 bits per heavy atom. The number of hydrogen-bond acceptors (Lipinski definition) is 3. The first kappa shape index (κ1) is 17.3. The third kappa shape index (κ3) is 3.69. The van der Waals surface area contributed by atoms with Crippen molar-refractivity contribution in [3.05, 3.63) is 55.2 Å². The van der Waals surface area contributed by atoms with Crippen LogP contribution < -0.4 is 0 Å². The molecule has 1 aromatic heterocycles. The number of aryl methyl sites for hydroxylation is 1. The number of halogens is 1. The Morgan fingerprint density at radius 1 is 1.20 bits per heavy atom. The average Bonchev–Trinajstić information content (AvgIpc) is 3.07. The molecule has 3 heterocycles. The molecule has 2 aliphatic heterocycles. The van der Waals surface area contributed by atoms with Crippen molar-refractivity contribution in [2.24, 2.45) is 0 Å². The van der Waals surface area contributed by atoms with Gasteiger partial charge in [0.25, 0.3) is 0 Å². The Kier molecular flexibility index (Phi) is 4.98. The van der Waals surface area contributed by atoms with Crippen molar-refractivity contribution >= 4 is 33.2 Å². The van der Waals surface area contributed by atoms with Crippen LogP contribution in [0.3, 0.4) is 0 Å². The zero-order chi connectivity index (χ0) is 17.4. The minimum absolute atomic E-state index is 0.301. The summed E-state index contributed by atoms with van der Waals surface area (Å²) in [5.41, 5.74) is 5.59. The largest absolute Gasteiger partial charge is 0.338 e. The third-order valence-corrected chi connectivity index (χ3v) is 6.89. The number of thiophene rings is 1. The van der Waals surface area contributed by atoms with Gasteiger partial charge >= 0.3 is 0 Å². The van der Waals surface area contributed by atoms with Crippen molar-refractivity contribution in [3.8, 4) is 0 Å². The van der Waals surface area contributed by atoms with Gasteiger partial charge in [-0.25, -0.2) is 0 Å². The number of nitrogens with zero attached hydrogens (tertiary/aromatic N) is 2. The zero-order valence-corrected chi connectivity index (χ0v) is 17.0. The van der Waals surface area contributed by atoms with Gasteiger partial charge in [0.1, 0.15) is 0 Å². The van der Waals surface area contributed by atoms with Crippen LogP contribution in [-0.4, -0.2) is 35.3 Å². The number of fused-ring (bicyclic) bond motifs is 2. The van der Waals surface area contributed by atoms with Crippen LogP contribution in [0.4, 0.5) is 0 Å². The van der Waals surface area contributed by atoms with E-state index in [2.05, 4.69) is 51.3 Å². The van der Waals surface area contributed by atoms with Crippen LogP contribution in [0.25, 0.3) is 0 Å². The summed E-state index contributed by atoms with van der Waals surface area (Å²) in [6, 6.07) is 6.61. The number of rotatable bonds is 3. The SMILES string of the molecule is Cc1cc(Br)cc2c1CN(CCC(=O)N1CCc3sccc3C1)CC2. The molecule has 2 aliphatic rings. The fourth-order valence-electron chi connectivity index (χ4n) is 3.94. The van der Waals surface area contributed by atoms with Gasteiger partial charge in [-0.15, -0.1) is 11.3 Å². The summed E-state index contributed by atoms with van der Waals surface area (Å²) in [4.78, 5) is 18.6. The highest BCUT2D eigenvalue weighted by Gasteiger charge is 2.23. The first-order valence-corrected chi connectivity index (χ1v) is 10.6. The number of benzene rings is 1. The Bertz CT molecular complexity index is 801. The van der Waals surface area contributed by atoms with Crippen molar-refractivity contribution in [2.45, 2.75) is 39.3 Å². The van der Waals surface area contributed by atoms with E-state index in [0.717, 1.165) is 45.6 Å². The maximum absolute atomic E-state index is 12.6. The van der Waals surface area contributed by atoms with Gasteiger partial charge in [-0.3, -0.25) is 9.69 Å². The summed E-state index contributed by atoms with van der Waals surface area (Å²) in [7, 11) is 0. The lowest BCUT2D eigenvalue weighted by Crippen LogP contribution is -2.38. The van der Waals surface area contributed by atoms with Crippen LogP contribution in [0.5, 0.6) is 0 Å². The Labute approximate surface area is 161 Å². The summed E-state index contributed by atoms with van der Waals surface area (Å²) in [6.45, 7) is 6.74. The molecule has 0 spiro atoms.